The van der Waals surface area contributed by atoms with Crippen LogP contribution in [-0.4, -0.2) is 19.5 Å². The maximum Gasteiger partial charge on any atom is 0.138 e. The third kappa shape index (κ3) is 3.12. The first kappa shape index (κ1) is 16.3. The molecule has 0 unspecified atom stereocenters. The van der Waals surface area contributed by atoms with Gasteiger partial charge in [-0.05, 0) is 35.4 Å². The van der Waals surface area contributed by atoms with E-state index in [0.29, 0.717) is 0 Å². The van der Waals surface area contributed by atoms with Crippen LogP contribution in [-0.2, 0) is 0 Å². The van der Waals surface area contributed by atoms with Gasteiger partial charge in [0.15, 0.2) is 0 Å². The van der Waals surface area contributed by atoms with Gasteiger partial charge in [0.1, 0.15) is 5.82 Å². The molecule has 2 aromatic heterocycles. The summed E-state index contributed by atoms with van der Waals surface area (Å²) in [6.45, 7) is 0. The van der Waals surface area contributed by atoms with Crippen molar-refractivity contribution in [2.24, 2.45) is 0 Å². The summed E-state index contributed by atoms with van der Waals surface area (Å²) in [6, 6.07) is 24.7. The van der Waals surface area contributed by atoms with Crippen LogP contribution in [0.3, 0.4) is 0 Å². The van der Waals surface area contributed by atoms with Crippen molar-refractivity contribution in [2.75, 3.05) is 0 Å². The topological polar surface area (TPSA) is 46.5 Å². The molecule has 4 nitrogen and oxygen atoms in total. The van der Waals surface area contributed by atoms with Crippen molar-refractivity contribution in [1.29, 1.82) is 0 Å². The minimum atomic E-state index is 0.885. The second-order valence-corrected chi connectivity index (χ2v) is 6.59. The summed E-state index contributed by atoms with van der Waals surface area (Å²) in [6.07, 6.45) is 9.82. The van der Waals surface area contributed by atoms with Gasteiger partial charge in [-0.15, -0.1) is 0 Å². The summed E-state index contributed by atoms with van der Waals surface area (Å²) in [5.74, 6) is 0.885. The Hall–Kier alpha value is -3.92. The average Bonchev–Trinajstić information content (AvgIpc) is 3.42. The summed E-state index contributed by atoms with van der Waals surface area (Å²) in [5.41, 5.74) is 6.46. The Morgan fingerprint density at radius 2 is 1.75 bits per heavy atom. The first-order valence-electron chi connectivity index (χ1n) is 9.17. The highest BCUT2D eigenvalue weighted by molar-refractivity contribution is 5.80. The van der Waals surface area contributed by atoms with Crippen molar-refractivity contribution < 1.29 is 0 Å². The zero-order chi connectivity index (χ0) is 18.8. The molecule has 0 fully saturated rings. The molecule has 0 bridgehead atoms. The average molecular weight is 362 g/mol. The van der Waals surface area contributed by atoms with Gasteiger partial charge in [-0.25, -0.2) is 9.97 Å². The molecule has 5 rings (SSSR count). The first-order chi connectivity index (χ1) is 13.9. The van der Waals surface area contributed by atoms with Gasteiger partial charge in [-0.3, -0.25) is 0 Å². The molecular formula is C24H18N4. The summed E-state index contributed by atoms with van der Waals surface area (Å²) < 4.78 is 2.02. The second kappa shape index (κ2) is 7.00. The van der Waals surface area contributed by atoms with Crippen LogP contribution >= 0.6 is 0 Å². The molecule has 1 N–H and O–H groups in total. The Morgan fingerprint density at radius 1 is 0.857 bits per heavy atom. The van der Waals surface area contributed by atoms with Gasteiger partial charge in [0.2, 0.25) is 0 Å². The number of para-hydroxylation sites is 3. The van der Waals surface area contributed by atoms with Crippen LogP contribution in [0, 0.1) is 0 Å². The zero-order valence-corrected chi connectivity index (χ0v) is 15.2. The number of aromatic amines is 1. The summed E-state index contributed by atoms with van der Waals surface area (Å²) in [5, 5.41) is 0. The maximum atomic E-state index is 4.70. The molecule has 0 atom stereocenters. The van der Waals surface area contributed by atoms with E-state index in [4.69, 9.17) is 4.98 Å². The number of imidazole rings is 2. The smallest absolute Gasteiger partial charge is 0.138 e. The van der Waals surface area contributed by atoms with E-state index in [-0.39, 0.29) is 0 Å². The number of H-pyrrole nitrogens is 1. The number of fused-ring (bicyclic) bond motifs is 1. The summed E-state index contributed by atoms with van der Waals surface area (Å²) >= 11 is 0. The molecule has 0 saturated heterocycles. The van der Waals surface area contributed by atoms with E-state index in [2.05, 4.69) is 58.5 Å². The van der Waals surface area contributed by atoms with Gasteiger partial charge in [0, 0.05) is 18.0 Å². The van der Waals surface area contributed by atoms with E-state index in [1.165, 1.54) is 0 Å². The largest absolute Gasteiger partial charge is 0.338 e. The molecule has 0 spiro atoms. The normalized spacial score (nSPS) is 11.4. The van der Waals surface area contributed by atoms with E-state index >= 15 is 0 Å². The van der Waals surface area contributed by atoms with Crippen molar-refractivity contribution in [3.05, 3.63) is 103 Å². The molecule has 5 aromatic rings. The van der Waals surface area contributed by atoms with E-state index in [0.717, 1.165) is 39.2 Å². The molecule has 4 heteroatoms. The van der Waals surface area contributed by atoms with Crippen LogP contribution in [0.15, 0.2) is 91.5 Å². The number of benzene rings is 3. The zero-order valence-electron chi connectivity index (χ0n) is 15.2. The van der Waals surface area contributed by atoms with Crippen LogP contribution in [0.5, 0.6) is 0 Å². The van der Waals surface area contributed by atoms with Crippen molar-refractivity contribution in [1.82, 2.24) is 19.5 Å². The molecule has 2 heterocycles. The van der Waals surface area contributed by atoms with E-state index in [9.17, 15) is 0 Å². The van der Waals surface area contributed by atoms with Crippen LogP contribution < -0.4 is 0 Å². The SMILES string of the molecule is C(=C\c1ccccc1-n1ccnc1)/c1cccc(-c2nc3ccccc3[nH]2)c1. The van der Waals surface area contributed by atoms with E-state index in [1.807, 2.05) is 53.5 Å². The fraction of sp³-hybridized carbons (Fsp3) is 0. The molecule has 3 aromatic carbocycles. The van der Waals surface area contributed by atoms with Crippen LogP contribution in [0.25, 0.3) is 40.3 Å². The number of rotatable bonds is 4. The van der Waals surface area contributed by atoms with Crippen molar-refractivity contribution >= 4 is 23.2 Å². The molecule has 0 amide bonds. The minimum absolute atomic E-state index is 0.885. The fourth-order valence-electron chi connectivity index (χ4n) is 3.33. The van der Waals surface area contributed by atoms with Gasteiger partial charge in [-0.1, -0.05) is 60.7 Å². The Balaban J connectivity index is 1.48. The number of nitrogens with zero attached hydrogens (tertiary/aromatic N) is 3. The lowest BCUT2D eigenvalue weighted by molar-refractivity contribution is 1.05. The minimum Gasteiger partial charge on any atom is -0.338 e. The third-order valence-electron chi connectivity index (χ3n) is 4.72. The molecule has 0 aliphatic carbocycles. The first-order valence-corrected chi connectivity index (χ1v) is 9.17. The van der Waals surface area contributed by atoms with Gasteiger partial charge in [0.05, 0.1) is 23.0 Å². The third-order valence-corrected chi connectivity index (χ3v) is 4.72. The Morgan fingerprint density at radius 3 is 2.64 bits per heavy atom. The van der Waals surface area contributed by atoms with Gasteiger partial charge in [-0.2, -0.15) is 0 Å². The van der Waals surface area contributed by atoms with Gasteiger partial charge in [0.25, 0.3) is 0 Å². The standard InChI is InChI=1S/C24H18N4/c1-4-11-23(28-15-14-25-17-28)19(7-1)13-12-18-6-5-8-20(16-18)24-26-21-9-2-3-10-22(21)27-24/h1-17H,(H,26,27)/b13-12+. The molecular weight excluding hydrogens is 344 g/mol. The summed E-state index contributed by atoms with van der Waals surface area (Å²) in [7, 11) is 0. The lowest BCUT2D eigenvalue weighted by Gasteiger charge is -2.06. The monoisotopic (exact) mass is 362 g/mol. The molecule has 0 saturated carbocycles. The highest BCUT2D eigenvalue weighted by Crippen LogP contribution is 2.23. The van der Waals surface area contributed by atoms with E-state index in [1.54, 1.807) is 6.20 Å². The summed E-state index contributed by atoms with van der Waals surface area (Å²) in [4.78, 5) is 12.2. The Labute approximate surface area is 162 Å². The van der Waals surface area contributed by atoms with Crippen molar-refractivity contribution in [2.45, 2.75) is 0 Å². The van der Waals surface area contributed by atoms with Gasteiger partial charge < -0.3 is 9.55 Å². The predicted molar refractivity (Wildman–Crippen MR) is 114 cm³/mol. The highest BCUT2D eigenvalue weighted by atomic mass is 15.0. The van der Waals surface area contributed by atoms with Crippen LogP contribution in [0.2, 0.25) is 0 Å². The molecule has 28 heavy (non-hydrogen) atoms. The van der Waals surface area contributed by atoms with Crippen LogP contribution in [0.1, 0.15) is 11.1 Å². The molecule has 0 aliphatic heterocycles. The molecule has 134 valence electrons. The van der Waals surface area contributed by atoms with Crippen LogP contribution in [0.4, 0.5) is 0 Å². The maximum absolute atomic E-state index is 4.70. The molecule has 0 radical (unpaired) electrons. The Kier molecular flexibility index (Phi) is 4.07. The van der Waals surface area contributed by atoms with Gasteiger partial charge >= 0.3 is 0 Å². The van der Waals surface area contributed by atoms with E-state index < -0.39 is 0 Å². The lowest BCUT2D eigenvalue weighted by Crippen LogP contribution is -1.92. The van der Waals surface area contributed by atoms with Crippen molar-refractivity contribution in [3.63, 3.8) is 0 Å². The lowest BCUT2D eigenvalue weighted by atomic mass is 10.1. The second-order valence-electron chi connectivity index (χ2n) is 6.59. The number of hydrogen-bond acceptors (Lipinski definition) is 2. The number of hydrogen-bond donors (Lipinski definition) is 1. The Bertz CT molecular complexity index is 1230. The predicted octanol–water partition coefficient (Wildman–Crippen LogP) is 5.59. The molecule has 0 aliphatic rings. The number of aromatic nitrogens is 4. The quantitative estimate of drug-likeness (QED) is 0.424. The fourth-order valence-corrected chi connectivity index (χ4v) is 3.33. The van der Waals surface area contributed by atoms with Crippen molar-refractivity contribution in [3.8, 4) is 17.1 Å². The number of nitrogens with one attached hydrogen (secondary N) is 1. The highest BCUT2D eigenvalue weighted by Gasteiger charge is 2.05.